The maximum atomic E-state index is 11.9. The van der Waals surface area contributed by atoms with E-state index in [2.05, 4.69) is 16.5 Å². The number of aromatic nitrogens is 2. The maximum Gasteiger partial charge on any atom is 0.331 e. The quantitative estimate of drug-likeness (QED) is 0.463. The molecule has 0 aliphatic rings. The molecule has 2 aromatic carbocycles. The third-order valence-corrected chi connectivity index (χ3v) is 4.12. The van der Waals surface area contributed by atoms with Crippen LogP contribution in [-0.4, -0.2) is 28.3 Å². The Hall–Kier alpha value is -4.18. The Morgan fingerprint density at radius 1 is 1.10 bits per heavy atom. The number of nitrogens with one attached hydrogen (secondary N) is 1. The van der Waals surface area contributed by atoms with Crippen LogP contribution in [0.1, 0.15) is 16.7 Å². The number of amides is 1. The second-order valence-electron chi connectivity index (χ2n) is 6.48. The number of hydrogen-bond acceptors (Lipinski definition) is 5. The van der Waals surface area contributed by atoms with Crippen molar-refractivity contribution in [2.45, 2.75) is 13.0 Å². The van der Waals surface area contributed by atoms with Crippen molar-refractivity contribution in [3.05, 3.63) is 89.8 Å². The van der Waals surface area contributed by atoms with Gasteiger partial charge in [-0.3, -0.25) is 9.48 Å². The normalized spacial score (nSPS) is 10.5. The molecule has 3 aromatic rings. The van der Waals surface area contributed by atoms with E-state index in [1.807, 2.05) is 36.5 Å². The lowest BCUT2D eigenvalue weighted by Crippen LogP contribution is -2.20. The van der Waals surface area contributed by atoms with Gasteiger partial charge in [-0.1, -0.05) is 42.5 Å². The van der Waals surface area contributed by atoms with Crippen LogP contribution in [0.15, 0.2) is 73.1 Å². The fourth-order valence-corrected chi connectivity index (χ4v) is 2.67. The number of ether oxygens (including phenoxy) is 1. The van der Waals surface area contributed by atoms with E-state index in [1.165, 1.54) is 6.08 Å². The number of benzene rings is 2. The Morgan fingerprint density at radius 3 is 2.60 bits per heavy atom. The molecule has 0 saturated carbocycles. The monoisotopic (exact) mass is 400 g/mol. The second-order valence-corrected chi connectivity index (χ2v) is 6.48. The van der Waals surface area contributed by atoms with Crippen LogP contribution in [-0.2, 0) is 27.3 Å². The summed E-state index contributed by atoms with van der Waals surface area (Å²) >= 11 is 0. The van der Waals surface area contributed by atoms with Crippen molar-refractivity contribution in [2.24, 2.45) is 0 Å². The molecular formula is C23H20N4O3. The highest BCUT2D eigenvalue weighted by Gasteiger charge is 2.06. The zero-order valence-electron chi connectivity index (χ0n) is 16.2. The smallest absolute Gasteiger partial charge is 0.331 e. The fourth-order valence-electron chi connectivity index (χ4n) is 2.67. The molecule has 1 amide bonds. The highest BCUT2D eigenvalue weighted by atomic mass is 16.5. The van der Waals surface area contributed by atoms with Crippen molar-refractivity contribution in [3.63, 3.8) is 0 Å². The van der Waals surface area contributed by atoms with E-state index < -0.39 is 18.5 Å². The number of carbonyl (C=O) groups is 2. The van der Waals surface area contributed by atoms with Crippen LogP contribution in [0.4, 0.5) is 5.69 Å². The Morgan fingerprint density at radius 2 is 1.87 bits per heavy atom. The minimum Gasteiger partial charge on any atom is -0.452 e. The van der Waals surface area contributed by atoms with Gasteiger partial charge in [0, 0.05) is 23.5 Å². The molecule has 0 atom stereocenters. The summed E-state index contributed by atoms with van der Waals surface area (Å²) < 4.78 is 6.73. The first-order valence-electron chi connectivity index (χ1n) is 9.29. The van der Waals surface area contributed by atoms with E-state index in [1.54, 1.807) is 41.2 Å². The molecule has 150 valence electrons. The molecule has 7 nitrogen and oxygen atoms in total. The van der Waals surface area contributed by atoms with Crippen molar-refractivity contribution >= 4 is 23.6 Å². The number of hydrogen-bond donors (Lipinski definition) is 1. The molecule has 0 bridgehead atoms. The molecule has 7 heteroatoms. The van der Waals surface area contributed by atoms with Gasteiger partial charge in [0.25, 0.3) is 5.91 Å². The van der Waals surface area contributed by atoms with Crippen molar-refractivity contribution < 1.29 is 14.3 Å². The predicted molar refractivity (Wildman–Crippen MR) is 112 cm³/mol. The van der Waals surface area contributed by atoms with Crippen LogP contribution in [0.3, 0.4) is 0 Å². The molecule has 0 aliphatic carbocycles. The first-order chi connectivity index (χ1) is 14.6. The Labute approximate surface area is 174 Å². The molecule has 0 fully saturated rings. The molecule has 0 aliphatic heterocycles. The summed E-state index contributed by atoms with van der Waals surface area (Å²) in [5.41, 5.74) is 3.31. The van der Waals surface area contributed by atoms with Crippen LogP contribution in [0.2, 0.25) is 0 Å². The number of rotatable bonds is 8. The Kier molecular flexibility index (Phi) is 7.12. The van der Waals surface area contributed by atoms with Gasteiger partial charge in [-0.25, -0.2) is 4.79 Å². The van der Waals surface area contributed by atoms with Crippen molar-refractivity contribution in [1.29, 1.82) is 5.26 Å². The average Bonchev–Trinajstić information content (AvgIpc) is 3.20. The lowest BCUT2D eigenvalue weighted by molar-refractivity contribution is -0.142. The number of anilines is 1. The van der Waals surface area contributed by atoms with E-state index in [0.29, 0.717) is 18.7 Å². The minimum atomic E-state index is -0.620. The molecule has 30 heavy (non-hydrogen) atoms. The van der Waals surface area contributed by atoms with E-state index >= 15 is 0 Å². The standard InChI is InChI=1S/C23H20N4O3/c24-13-12-18-6-9-21(10-7-18)26-22(28)17-30-23(29)11-8-20-14-25-27(16-20)15-19-4-2-1-3-5-19/h1-11,14,16H,12,15,17H2,(H,26,28)/b11-8+. The summed E-state index contributed by atoms with van der Waals surface area (Å²) in [5, 5.41) is 15.5. The summed E-state index contributed by atoms with van der Waals surface area (Å²) in [6.45, 7) is 0.243. The lowest BCUT2D eigenvalue weighted by Gasteiger charge is -2.05. The number of nitriles is 1. The Bertz CT molecular complexity index is 1060. The summed E-state index contributed by atoms with van der Waals surface area (Å²) in [7, 11) is 0. The molecule has 0 radical (unpaired) electrons. The maximum absolute atomic E-state index is 11.9. The first kappa shape index (κ1) is 20.6. The summed E-state index contributed by atoms with van der Waals surface area (Å²) in [5.74, 6) is -1.06. The van der Waals surface area contributed by atoms with Crippen LogP contribution in [0, 0.1) is 11.3 Å². The molecule has 1 aromatic heterocycles. The average molecular weight is 400 g/mol. The number of esters is 1. The van der Waals surface area contributed by atoms with Crippen LogP contribution < -0.4 is 5.32 Å². The van der Waals surface area contributed by atoms with Crippen molar-refractivity contribution in [2.75, 3.05) is 11.9 Å². The molecule has 0 unspecified atom stereocenters. The third kappa shape index (κ3) is 6.46. The van der Waals surface area contributed by atoms with Crippen LogP contribution >= 0.6 is 0 Å². The zero-order valence-corrected chi connectivity index (χ0v) is 16.2. The van der Waals surface area contributed by atoms with Gasteiger partial charge in [0.05, 0.1) is 25.2 Å². The third-order valence-electron chi connectivity index (χ3n) is 4.12. The van der Waals surface area contributed by atoms with Gasteiger partial charge in [0.1, 0.15) is 0 Å². The van der Waals surface area contributed by atoms with Gasteiger partial charge < -0.3 is 10.1 Å². The van der Waals surface area contributed by atoms with E-state index in [9.17, 15) is 9.59 Å². The molecule has 0 saturated heterocycles. The minimum absolute atomic E-state index is 0.309. The molecular weight excluding hydrogens is 380 g/mol. The summed E-state index contributed by atoms with van der Waals surface area (Å²) in [6.07, 6.45) is 6.62. The topological polar surface area (TPSA) is 97.0 Å². The van der Waals surface area contributed by atoms with E-state index in [4.69, 9.17) is 10.00 Å². The molecule has 1 N–H and O–H groups in total. The summed E-state index contributed by atoms with van der Waals surface area (Å²) in [6, 6.07) is 18.9. The van der Waals surface area contributed by atoms with Gasteiger partial charge in [0.15, 0.2) is 6.61 Å². The van der Waals surface area contributed by atoms with Crippen molar-refractivity contribution in [1.82, 2.24) is 9.78 Å². The first-order valence-corrected chi connectivity index (χ1v) is 9.29. The second kappa shape index (κ2) is 10.4. The van der Waals surface area contributed by atoms with Gasteiger partial charge >= 0.3 is 5.97 Å². The van der Waals surface area contributed by atoms with Gasteiger partial charge in [-0.2, -0.15) is 10.4 Å². The van der Waals surface area contributed by atoms with E-state index in [0.717, 1.165) is 16.7 Å². The number of nitrogens with zero attached hydrogens (tertiary/aromatic N) is 3. The zero-order chi connectivity index (χ0) is 21.2. The highest BCUT2D eigenvalue weighted by molar-refractivity contribution is 5.94. The predicted octanol–water partition coefficient (Wildman–Crippen LogP) is 3.19. The largest absolute Gasteiger partial charge is 0.452 e. The SMILES string of the molecule is N#CCc1ccc(NC(=O)COC(=O)/C=C/c2cnn(Cc3ccccc3)c2)cc1. The van der Waals surface area contributed by atoms with Gasteiger partial charge in [-0.05, 0) is 29.3 Å². The lowest BCUT2D eigenvalue weighted by atomic mass is 10.1. The summed E-state index contributed by atoms with van der Waals surface area (Å²) in [4.78, 5) is 23.7. The fraction of sp³-hybridized carbons (Fsp3) is 0.130. The molecule has 0 spiro atoms. The van der Waals surface area contributed by atoms with Crippen LogP contribution in [0.25, 0.3) is 6.08 Å². The Balaban J connectivity index is 1.43. The highest BCUT2D eigenvalue weighted by Crippen LogP contribution is 2.10. The van der Waals surface area contributed by atoms with Gasteiger partial charge in [-0.15, -0.1) is 0 Å². The van der Waals surface area contributed by atoms with Crippen molar-refractivity contribution in [3.8, 4) is 6.07 Å². The molecule has 3 rings (SSSR count). The van der Waals surface area contributed by atoms with E-state index in [-0.39, 0.29) is 0 Å². The van der Waals surface area contributed by atoms with Crippen LogP contribution in [0.5, 0.6) is 0 Å². The van der Waals surface area contributed by atoms with Gasteiger partial charge in [0.2, 0.25) is 0 Å². The molecule has 1 heterocycles. The number of carbonyl (C=O) groups excluding carboxylic acids is 2.